The first kappa shape index (κ1) is 13.5. The molecule has 21 heavy (non-hydrogen) atoms. The third-order valence-electron chi connectivity index (χ3n) is 3.36. The van der Waals surface area contributed by atoms with Crippen molar-refractivity contribution in [2.75, 3.05) is 12.3 Å². The van der Waals surface area contributed by atoms with E-state index >= 15 is 0 Å². The van der Waals surface area contributed by atoms with Crippen molar-refractivity contribution < 1.29 is 14.9 Å². The fraction of sp³-hybridized carbons (Fsp3) is 0.500. The lowest BCUT2D eigenvalue weighted by Crippen LogP contribution is -2.31. The molecule has 3 rings (SSSR count). The summed E-state index contributed by atoms with van der Waals surface area (Å²) in [6.07, 6.45) is -0.177. The van der Waals surface area contributed by atoms with E-state index in [1.807, 2.05) is 0 Å². The van der Waals surface area contributed by atoms with Crippen LogP contribution in [0.3, 0.4) is 0 Å². The van der Waals surface area contributed by atoms with E-state index in [2.05, 4.69) is 25.0 Å². The molecule has 110 valence electrons. The average Bonchev–Trinajstić information content (AvgIpc) is 3.03. The summed E-state index contributed by atoms with van der Waals surface area (Å²) in [5, 5.41) is 23.0. The molecule has 0 radical (unpaired) electrons. The summed E-state index contributed by atoms with van der Waals surface area (Å²) in [5.41, 5.74) is 15.0. The number of ether oxygens (including phenoxy) is 1. The molecular formula is C10H12N8O3. The average molecular weight is 292 g/mol. The molecule has 0 saturated carbocycles. The second-order valence-corrected chi connectivity index (χ2v) is 4.52. The van der Waals surface area contributed by atoms with Crippen LogP contribution in [0.5, 0.6) is 0 Å². The van der Waals surface area contributed by atoms with Gasteiger partial charge in [-0.15, -0.1) is 0 Å². The Balaban J connectivity index is 2.03. The first-order valence-electron chi connectivity index (χ1n) is 6.09. The first-order chi connectivity index (χ1) is 10.2. The van der Waals surface area contributed by atoms with Crippen LogP contribution in [0.25, 0.3) is 21.6 Å². The first-order valence-corrected chi connectivity index (χ1v) is 6.09. The number of nitrogen functional groups attached to an aromatic ring is 1. The van der Waals surface area contributed by atoms with Crippen molar-refractivity contribution in [1.29, 1.82) is 0 Å². The van der Waals surface area contributed by atoms with Gasteiger partial charge in [0, 0.05) is 4.91 Å². The minimum Gasteiger partial charge on any atom is -0.394 e. The number of nitrogens with two attached hydrogens (primary N) is 1. The monoisotopic (exact) mass is 292 g/mol. The number of anilines is 1. The van der Waals surface area contributed by atoms with E-state index in [4.69, 9.17) is 16.0 Å². The minimum atomic E-state index is -1.15. The molecule has 0 bridgehead atoms. The maximum absolute atomic E-state index is 10.3. The highest BCUT2D eigenvalue weighted by Crippen LogP contribution is 2.33. The van der Waals surface area contributed by atoms with E-state index in [0.717, 1.165) is 0 Å². The van der Waals surface area contributed by atoms with Gasteiger partial charge >= 0.3 is 0 Å². The van der Waals surface area contributed by atoms with Crippen LogP contribution in [0, 0.1) is 0 Å². The summed E-state index contributed by atoms with van der Waals surface area (Å²) in [6.45, 7) is -0.388. The molecule has 1 fully saturated rings. The maximum atomic E-state index is 10.3. The van der Waals surface area contributed by atoms with Crippen LogP contribution in [-0.4, -0.2) is 54.6 Å². The third kappa shape index (κ3) is 2.04. The topological polar surface area (TPSA) is 168 Å². The molecule has 4 N–H and O–H groups in total. The Morgan fingerprint density at radius 3 is 3.00 bits per heavy atom. The highest BCUT2D eigenvalue weighted by Gasteiger charge is 2.44. The van der Waals surface area contributed by atoms with E-state index in [0.29, 0.717) is 11.2 Å². The molecular weight excluding hydrogens is 280 g/mol. The Hall–Kier alpha value is -2.46. The van der Waals surface area contributed by atoms with Crippen molar-refractivity contribution in [3.05, 3.63) is 23.1 Å². The highest BCUT2D eigenvalue weighted by molar-refractivity contribution is 5.81. The normalized spacial score (nSPS) is 28.7. The van der Waals surface area contributed by atoms with E-state index in [9.17, 15) is 10.2 Å². The van der Waals surface area contributed by atoms with Crippen molar-refractivity contribution in [3.63, 3.8) is 0 Å². The lowest BCUT2D eigenvalue weighted by molar-refractivity contribution is -0.0488. The van der Waals surface area contributed by atoms with Crippen molar-refractivity contribution in [2.45, 2.75) is 24.5 Å². The molecule has 0 spiro atoms. The molecule has 1 saturated heterocycles. The minimum absolute atomic E-state index is 0.205. The third-order valence-corrected chi connectivity index (χ3v) is 3.36. The SMILES string of the molecule is [N-]=[N+]=N[C@@H]1C(O)[C@H](n2cnc3c(N)ncnc32)O[C@@H]1CO. The molecule has 0 amide bonds. The van der Waals surface area contributed by atoms with E-state index in [1.54, 1.807) is 0 Å². The van der Waals surface area contributed by atoms with Crippen LogP contribution in [0.15, 0.2) is 17.8 Å². The number of hydrogen-bond acceptors (Lipinski definition) is 8. The zero-order chi connectivity index (χ0) is 15.0. The van der Waals surface area contributed by atoms with Gasteiger partial charge in [-0.25, -0.2) is 15.0 Å². The molecule has 3 heterocycles. The number of imidazole rings is 1. The molecule has 11 nitrogen and oxygen atoms in total. The summed E-state index contributed by atoms with van der Waals surface area (Å²) in [6, 6.07) is -0.901. The van der Waals surface area contributed by atoms with Crippen LogP contribution < -0.4 is 5.73 Å². The van der Waals surface area contributed by atoms with Crippen molar-refractivity contribution in [2.24, 2.45) is 5.11 Å². The fourth-order valence-electron chi connectivity index (χ4n) is 2.37. The zero-order valence-electron chi connectivity index (χ0n) is 10.7. The number of hydrogen-bond donors (Lipinski definition) is 3. The largest absolute Gasteiger partial charge is 0.394 e. The molecule has 11 heteroatoms. The van der Waals surface area contributed by atoms with Gasteiger partial charge in [-0.2, -0.15) is 0 Å². The number of nitrogens with zero attached hydrogens (tertiary/aromatic N) is 7. The Morgan fingerprint density at radius 2 is 2.29 bits per heavy atom. The summed E-state index contributed by atoms with van der Waals surface area (Å²) in [5.74, 6) is 0.205. The molecule has 1 aliphatic heterocycles. The van der Waals surface area contributed by atoms with Crippen molar-refractivity contribution in [1.82, 2.24) is 19.5 Å². The van der Waals surface area contributed by atoms with Crippen molar-refractivity contribution >= 4 is 17.0 Å². The zero-order valence-corrected chi connectivity index (χ0v) is 10.7. The molecule has 2 aromatic heterocycles. The lowest BCUT2D eigenvalue weighted by atomic mass is 10.1. The highest BCUT2D eigenvalue weighted by atomic mass is 16.5. The quantitative estimate of drug-likeness (QED) is 0.383. The summed E-state index contributed by atoms with van der Waals surface area (Å²) >= 11 is 0. The van der Waals surface area contributed by atoms with Gasteiger partial charge in [0.15, 0.2) is 17.7 Å². The molecule has 4 atom stereocenters. The molecule has 2 aromatic rings. The van der Waals surface area contributed by atoms with E-state index in [1.165, 1.54) is 17.2 Å². The summed E-state index contributed by atoms with van der Waals surface area (Å²) in [4.78, 5) is 14.6. The van der Waals surface area contributed by atoms with Gasteiger partial charge in [-0.1, -0.05) is 5.11 Å². The summed E-state index contributed by atoms with van der Waals surface area (Å²) < 4.78 is 7.00. The van der Waals surface area contributed by atoms with Gasteiger partial charge in [0.05, 0.1) is 25.1 Å². The molecule has 1 unspecified atom stereocenters. The Bertz CT molecular complexity index is 711. The predicted octanol–water partition coefficient (Wildman–Crippen LogP) is -0.662. The van der Waals surface area contributed by atoms with Gasteiger partial charge < -0.3 is 20.7 Å². The Morgan fingerprint density at radius 1 is 1.48 bits per heavy atom. The standard InChI is InChI=1S/C10H12N8O3/c11-8-6-9(14-2-13-8)18(3-15-6)10-7(20)5(16-17-12)4(1-19)21-10/h2-5,7,10,19-20H,1H2,(H2,11,13,14)/t4-,5+,7?,10-/m1/s1. The molecule has 0 aromatic carbocycles. The van der Waals surface area contributed by atoms with Crippen LogP contribution in [0.2, 0.25) is 0 Å². The Kier molecular flexibility index (Phi) is 3.31. The van der Waals surface area contributed by atoms with Gasteiger partial charge in [0.2, 0.25) is 0 Å². The van der Waals surface area contributed by atoms with Crippen LogP contribution in [-0.2, 0) is 4.74 Å². The van der Waals surface area contributed by atoms with E-state index < -0.39 is 24.5 Å². The predicted molar refractivity (Wildman–Crippen MR) is 69.7 cm³/mol. The Labute approximate surface area is 117 Å². The number of aliphatic hydroxyl groups excluding tert-OH is 2. The van der Waals surface area contributed by atoms with Gasteiger partial charge in [-0.05, 0) is 5.53 Å². The molecule has 0 aliphatic carbocycles. The second-order valence-electron chi connectivity index (χ2n) is 4.52. The molecule has 1 aliphatic rings. The number of azide groups is 1. The lowest BCUT2D eigenvalue weighted by Gasteiger charge is -2.16. The fourth-order valence-corrected chi connectivity index (χ4v) is 2.37. The number of fused-ring (bicyclic) bond motifs is 1. The van der Waals surface area contributed by atoms with Gasteiger partial charge in [-0.3, -0.25) is 4.57 Å². The number of aromatic nitrogens is 4. The van der Waals surface area contributed by atoms with Crippen LogP contribution in [0.4, 0.5) is 5.82 Å². The maximum Gasteiger partial charge on any atom is 0.167 e. The number of aliphatic hydroxyl groups is 2. The van der Waals surface area contributed by atoms with Gasteiger partial charge in [0.25, 0.3) is 0 Å². The number of rotatable bonds is 3. The van der Waals surface area contributed by atoms with Gasteiger partial charge in [0.1, 0.15) is 17.9 Å². The van der Waals surface area contributed by atoms with Crippen LogP contribution >= 0.6 is 0 Å². The van der Waals surface area contributed by atoms with Crippen LogP contribution in [0.1, 0.15) is 6.23 Å². The van der Waals surface area contributed by atoms with E-state index in [-0.39, 0.29) is 12.4 Å². The second kappa shape index (κ2) is 5.14. The summed E-state index contributed by atoms with van der Waals surface area (Å²) in [7, 11) is 0. The van der Waals surface area contributed by atoms with Crippen molar-refractivity contribution in [3.8, 4) is 0 Å². The smallest absolute Gasteiger partial charge is 0.167 e.